The minimum atomic E-state index is -1.37. The van der Waals surface area contributed by atoms with Gasteiger partial charge in [0, 0.05) is 25.2 Å². The van der Waals surface area contributed by atoms with Crippen molar-refractivity contribution in [2.75, 3.05) is 6.54 Å². The van der Waals surface area contributed by atoms with E-state index in [9.17, 15) is 19.5 Å². The number of carbonyl (C=O) groups is 2. The van der Waals surface area contributed by atoms with Crippen molar-refractivity contribution in [2.24, 2.45) is 5.16 Å². The van der Waals surface area contributed by atoms with Crippen LogP contribution in [-0.4, -0.2) is 50.3 Å². The summed E-state index contributed by atoms with van der Waals surface area (Å²) in [5, 5.41) is 13.9. The number of amides is 1. The zero-order valence-corrected chi connectivity index (χ0v) is 18.5. The first kappa shape index (κ1) is 21.2. The van der Waals surface area contributed by atoms with Gasteiger partial charge in [0.05, 0.1) is 11.8 Å². The minimum Gasteiger partial charge on any atom is -0.483 e. The molecule has 1 aromatic heterocycles. The molecule has 0 radical (unpaired) electrons. The zero-order valence-electron chi connectivity index (χ0n) is 18.5. The van der Waals surface area contributed by atoms with E-state index in [1.807, 2.05) is 44.2 Å². The number of ether oxygens (including phenoxy) is 1. The molecule has 2 aromatic rings. The Hall–Kier alpha value is -3.62. The van der Waals surface area contributed by atoms with Crippen molar-refractivity contribution in [1.29, 1.82) is 0 Å². The van der Waals surface area contributed by atoms with Gasteiger partial charge in [-0.05, 0) is 32.3 Å². The van der Waals surface area contributed by atoms with Gasteiger partial charge in [-0.3, -0.25) is 9.59 Å². The molecule has 0 aliphatic carbocycles. The molecular weight excluding hydrogens is 426 g/mol. The molecule has 0 unspecified atom stereocenters. The standard InChI is InChI=1S/C24H25N3O6/c1-14-10-24(33-25-14)9-8-15(2)26-12-18(24)27-11-17(23(30)31)20(28)21(19(27)22(26)29)32-13-16-6-4-3-5-7-16/h3-7,11,15,18H,8-10,12-13H2,1-2H3,(H,30,31)/t15-,18+,24-/m0/s1. The number of aromatic nitrogens is 1. The number of carbonyl (C=O) groups excluding carboxylic acids is 1. The first-order chi connectivity index (χ1) is 15.8. The summed E-state index contributed by atoms with van der Waals surface area (Å²) >= 11 is 0. The molecular formula is C24H25N3O6. The third kappa shape index (κ3) is 3.39. The van der Waals surface area contributed by atoms with Gasteiger partial charge in [-0.1, -0.05) is 35.5 Å². The normalized spacial score (nSPS) is 25.8. The fourth-order valence-electron chi connectivity index (χ4n) is 5.13. The Bertz CT molecular complexity index is 1220. The lowest BCUT2D eigenvalue weighted by Gasteiger charge is -2.42. The Morgan fingerprint density at radius 1 is 1.30 bits per heavy atom. The lowest BCUT2D eigenvalue weighted by molar-refractivity contribution is -0.0656. The average Bonchev–Trinajstić information content (AvgIpc) is 3.13. The van der Waals surface area contributed by atoms with Crippen LogP contribution in [-0.2, 0) is 11.4 Å². The number of fused-ring (bicyclic) bond motifs is 5. The van der Waals surface area contributed by atoms with Crippen LogP contribution in [0.4, 0.5) is 0 Å². The molecule has 3 aliphatic heterocycles. The SMILES string of the molecule is CC1=NO[C@@]2(CC[C@H](C)N3C[C@H]2n2cc(C(=O)O)c(=O)c(OCc4ccccc4)c2C3=O)C1. The number of hydrogen-bond acceptors (Lipinski definition) is 6. The van der Waals surface area contributed by atoms with Crippen LogP contribution in [0, 0.1) is 0 Å². The molecule has 9 nitrogen and oxygen atoms in total. The van der Waals surface area contributed by atoms with Gasteiger partial charge in [-0.15, -0.1) is 0 Å². The van der Waals surface area contributed by atoms with E-state index in [-0.39, 0.29) is 30.0 Å². The van der Waals surface area contributed by atoms with Gasteiger partial charge < -0.3 is 24.1 Å². The van der Waals surface area contributed by atoms with E-state index in [1.54, 1.807) is 9.47 Å². The van der Waals surface area contributed by atoms with Gasteiger partial charge in [0.15, 0.2) is 17.0 Å². The molecule has 33 heavy (non-hydrogen) atoms. The summed E-state index contributed by atoms with van der Waals surface area (Å²) in [4.78, 5) is 46.4. The highest BCUT2D eigenvalue weighted by molar-refractivity contribution is 5.98. The maximum Gasteiger partial charge on any atom is 0.341 e. The van der Waals surface area contributed by atoms with Crippen LogP contribution in [0.5, 0.6) is 5.75 Å². The van der Waals surface area contributed by atoms with E-state index in [0.717, 1.165) is 11.3 Å². The third-order valence-electron chi connectivity index (χ3n) is 6.88. The van der Waals surface area contributed by atoms with Gasteiger partial charge in [-0.2, -0.15) is 0 Å². The Kier molecular flexibility index (Phi) is 4.99. The number of rotatable bonds is 4. The van der Waals surface area contributed by atoms with Gasteiger partial charge in [0.2, 0.25) is 5.43 Å². The van der Waals surface area contributed by atoms with Gasteiger partial charge in [-0.25, -0.2) is 4.79 Å². The molecule has 5 rings (SSSR count). The van der Waals surface area contributed by atoms with E-state index in [2.05, 4.69) is 5.16 Å². The van der Waals surface area contributed by atoms with Crippen LogP contribution in [0.2, 0.25) is 0 Å². The highest BCUT2D eigenvalue weighted by atomic mass is 16.7. The quantitative estimate of drug-likeness (QED) is 0.765. The van der Waals surface area contributed by atoms with Crippen LogP contribution in [0.25, 0.3) is 0 Å². The number of aromatic carboxylic acids is 1. The summed E-state index contributed by atoms with van der Waals surface area (Å²) in [7, 11) is 0. The van der Waals surface area contributed by atoms with Crippen molar-refractivity contribution >= 4 is 17.6 Å². The molecule has 1 fully saturated rings. The highest BCUT2D eigenvalue weighted by Crippen LogP contribution is 2.46. The van der Waals surface area contributed by atoms with Crippen molar-refractivity contribution in [3.05, 3.63) is 63.6 Å². The Labute approximate surface area is 190 Å². The minimum absolute atomic E-state index is 0.0313. The van der Waals surface area contributed by atoms with Crippen LogP contribution < -0.4 is 10.2 Å². The molecule has 1 spiro atoms. The number of hydrogen-bond donors (Lipinski definition) is 1. The number of benzene rings is 1. The molecule has 1 saturated heterocycles. The number of nitrogens with zero attached hydrogens (tertiary/aromatic N) is 3. The van der Waals surface area contributed by atoms with Crippen molar-refractivity contribution in [1.82, 2.24) is 9.47 Å². The monoisotopic (exact) mass is 451 g/mol. The van der Waals surface area contributed by atoms with Crippen LogP contribution >= 0.6 is 0 Å². The fraction of sp³-hybridized carbons (Fsp3) is 0.417. The van der Waals surface area contributed by atoms with Gasteiger partial charge in [0.25, 0.3) is 5.91 Å². The number of oxime groups is 1. The molecule has 4 heterocycles. The summed E-state index contributed by atoms with van der Waals surface area (Å²) in [6.45, 7) is 4.23. The average molecular weight is 451 g/mol. The van der Waals surface area contributed by atoms with Crippen LogP contribution in [0.15, 0.2) is 46.5 Å². The first-order valence-electron chi connectivity index (χ1n) is 11.0. The smallest absolute Gasteiger partial charge is 0.341 e. The molecule has 3 aliphatic rings. The summed E-state index contributed by atoms with van der Waals surface area (Å²) < 4.78 is 7.48. The van der Waals surface area contributed by atoms with E-state index >= 15 is 0 Å². The Morgan fingerprint density at radius 3 is 2.73 bits per heavy atom. The van der Waals surface area contributed by atoms with Crippen molar-refractivity contribution in [3.8, 4) is 5.75 Å². The second-order valence-corrected chi connectivity index (χ2v) is 9.06. The topological polar surface area (TPSA) is 110 Å². The van der Waals surface area contributed by atoms with E-state index in [4.69, 9.17) is 9.57 Å². The van der Waals surface area contributed by atoms with Crippen molar-refractivity contribution in [2.45, 2.75) is 57.4 Å². The summed E-state index contributed by atoms with van der Waals surface area (Å²) in [5.41, 5.74) is -0.256. The summed E-state index contributed by atoms with van der Waals surface area (Å²) in [5.74, 6) is -1.95. The molecule has 0 saturated carbocycles. The number of carboxylic acids is 1. The van der Waals surface area contributed by atoms with Gasteiger partial charge >= 0.3 is 5.97 Å². The van der Waals surface area contributed by atoms with Gasteiger partial charge in [0.1, 0.15) is 12.2 Å². The maximum atomic E-state index is 13.6. The molecule has 3 atom stereocenters. The van der Waals surface area contributed by atoms with Crippen LogP contribution in [0.3, 0.4) is 0 Å². The first-order valence-corrected chi connectivity index (χ1v) is 11.0. The van der Waals surface area contributed by atoms with Crippen LogP contribution in [0.1, 0.15) is 65.6 Å². The summed E-state index contributed by atoms with van der Waals surface area (Å²) in [6, 6.07) is 8.72. The largest absolute Gasteiger partial charge is 0.483 e. The second-order valence-electron chi connectivity index (χ2n) is 9.06. The fourth-order valence-corrected chi connectivity index (χ4v) is 5.13. The Balaban J connectivity index is 1.69. The Morgan fingerprint density at radius 2 is 2.06 bits per heavy atom. The van der Waals surface area contributed by atoms with E-state index in [0.29, 0.717) is 25.8 Å². The van der Waals surface area contributed by atoms with Crippen molar-refractivity contribution < 1.29 is 24.3 Å². The summed E-state index contributed by atoms with van der Waals surface area (Å²) in [6.07, 6.45) is 3.19. The molecule has 172 valence electrons. The highest BCUT2D eigenvalue weighted by Gasteiger charge is 2.53. The zero-order chi connectivity index (χ0) is 23.3. The maximum absolute atomic E-state index is 13.6. The number of pyridine rings is 1. The molecule has 2 bridgehead atoms. The molecule has 1 N–H and O–H groups in total. The third-order valence-corrected chi connectivity index (χ3v) is 6.88. The predicted octanol–water partition coefficient (Wildman–Crippen LogP) is 2.84. The molecule has 9 heteroatoms. The molecule has 1 amide bonds. The lowest BCUT2D eigenvalue weighted by Crippen LogP contribution is -2.52. The second kappa shape index (κ2) is 7.75. The number of carboxylic acid groups (broad SMARTS) is 1. The van der Waals surface area contributed by atoms with E-state index < -0.39 is 28.6 Å². The van der Waals surface area contributed by atoms with E-state index in [1.165, 1.54) is 6.20 Å². The lowest BCUT2D eigenvalue weighted by atomic mass is 9.84. The predicted molar refractivity (Wildman–Crippen MR) is 119 cm³/mol. The molecule has 1 aromatic carbocycles. The van der Waals surface area contributed by atoms with Crippen molar-refractivity contribution in [3.63, 3.8) is 0 Å².